The molecule has 162 valence electrons. The van der Waals surface area contributed by atoms with E-state index >= 15 is 0 Å². The predicted octanol–water partition coefficient (Wildman–Crippen LogP) is 3.24. The topological polar surface area (TPSA) is 137 Å². The molecule has 0 atom stereocenters. The van der Waals surface area contributed by atoms with E-state index in [9.17, 15) is 18.3 Å². The van der Waals surface area contributed by atoms with Gasteiger partial charge >= 0.3 is 12.1 Å². The molecule has 1 aromatic carbocycles. The lowest BCUT2D eigenvalue weighted by molar-refractivity contribution is -0.192. The van der Waals surface area contributed by atoms with E-state index in [-0.39, 0.29) is 5.75 Å². The van der Waals surface area contributed by atoms with Gasteiger partial charge in [-0.05, 0) is 24.3 Å². The number of rotatable bonds is 5. The van der Waals surface area contributed by atoms with Gasteiger partial charge in [0.1, 0.15) is 5.75 Å². The lowest BCUT2D eigenvalue weighted by atomic mass is 10.2. The second kappa shape index (κ2) is 9.26. The van der Waals surface area contributed by atoms with Crippen LogP contribution in [0.1, 0.15) is 11.6 Å². The van der Waals surface area contributed by atoms with Crippen molar-refractivity contribution in [2.24, 2.45) is 0 Å². The summed E-state index contributed by atoms with van der Waals surface area (Å²) >= 11 is 0. The van der Waals surface area contributed by atoms with Crippen molar-refractivity contribution in [2.75, 3.05) is 0 Å². The molecule has 4 aromatic rings. The van der Waals surface area contributed by atoms with Crippen LogP contribution in [0.15, 0.2) is 53.3 Å². The monoisotopic (exact) mass is 435 g/mol. The zero-order valence-corrected chi connectivity index (χ0v) is 15.7. The molecule has 9 nitrogen and oxygen atoms in total. The van der Waals surface area contributed by atoms with Crippen LogP contribution in [0.3, 0.4) is 0 Å². The molecule has 3 aromatic heterocycles. The second-order valence-corrected chi connectivity index (χ2v) is 6.23. The number of alkyl halides is 3. The van der Waals surface area contributed by atoms with Crippen molar-refractivity contribution in [3.05, 3.63) is 60.4 Å². The van der Waals surface area contributed by atoms with Crippen molar-refractivity contribution in [3.63, 3.8) is 0 Å². The number of halogens is 3. The highest BCUT2D eigenvalue weighted by atomic mass is 19.4. The minimum Gasteiger partial charge on any atom is -0.508 e. The van der Waals surface area contributed by atoms with Crippen molar-refractivity contribution in [1.29, 1.82) is 0 Å². The highest BCUT2D eigenvalue weighted by Crippen LogP contribution is 2.20. The van der Waals surface area contributed by atoms with Crippen LogP contribution in [0.25, 0.3) is 22.3 Å². The third-order valence-electron chi connectivity index (χ3n) is 3.88. The Morgan fingerprint density at radius 3 is 2.65 bits per heavy atom. The van der Waals surface area contributed by atoms with Crippen LogP contribution in [-0.4, -0.2) is 42.5 Å². The van der Waals surface area contributed by atoms with E-state index in [0.29, 0.717) is 30.4 Å². The maximum atomic E-state index is 10.6. The Morgan fingerprint density at radius 2 is 1.97 bits per heavy atom. The predicted molar refractivity (Wildman–Crippen MR) is 102 cm³/mol. The molecule has 0 amide bonds. The Hall–Kier alpha value is -3.93. The number of pyridine rings is 1. The summed E-state index contributed by atoms with van der Waals surface area (Å²) in [5.41, 5.74) is 2.84. The van der Waals surface area contributed by atoms with Crippen molar-refractivity contribution < 1.29 is 32.7 Å². The molecule has 0 bridgehead atoms. The van der Waals surface area contributed by atoms with Crippen LogP contribution < -0.4 is 5.32 Å². The number of carboxylic acids is 1. The Balaban J connectivity index is 0.000000339. The fourth-order valence-electron chi connectivity index (χ4n) is 2.52. The first-order valence-electron chi connectivity index (χ1n) is 8.77. The number of benzene rings is 1. The Morgan fingerprint density at radius 1 is 1.19 bits per heavy atom. The molecule has 4 N–H and O–H groups in total. The normalized spacial score (nSPS) is 11.2. The number of carbonyl (C=O) groups is 1. The van der Waals surface area contributed by atoms with Gasteiger partial charge in [-0.25, -0.2) is 4.79 Å². The maximum Gasteiger partial charge on any atom is 0.490 e. The van der Waals surface area contributed by atoms with Gasteiger partial charge in [0, 0.05) is 41.1 Å². The van der Waals surface area contributed by atoms with E-state index in [0.717, 1.165) is 16.6 Å². The Kier molecular flexibility index (Phi) is 6.50. The van der Waals surface area contributed by atoms with Crippen molar-refractivity contribution >= 4 is 16.9 Å². The standard InChI is InChI=1S/C17H15N5O2.C2HF3O2/c23-14-3-1-2-11(7-14)17-21-16(24-22-17)10-19-9-13-6-12-8-18-5-4-15(12)20-13;3-2(4,5)1(6)7/h1-8,19-20,23H,9-10H2;(H,6,7). The third kappa shape index (κ3) is 6.02. The fourth-order valence-corrected chi connectivity index (χ4v) is 2.52. The van der Waals surface area contributed by atoms with Crippen molar-refractivity contribution in [3.8, 4) is 17.1 Å². The van der Waals surface area contributed by atoms with Crippen LogP contribution in [0.5, 0.6) is 5.75 Å². The van der Waals surface area contributed by atoms with Gasteiger partial charge in [0.2, 0.25) is 11.7 Å². The summed E-state index contributed by atoms with van der Waals surface area (Å²) in [6.07, 6.45) is -1.49. The quantitative estimate of drug-likeness (QED) is 0.375. The zero-order valence-electron chi connectivity index (χ0n) is 15.7. The van der Waals surface area contributed by atoms with Gasteiger partial charge < -0.3 is 25.0 Å². The van der Waals surface area contributed by atoms with E-state index in [2.05, 4.69) is 31.5 Å². The van der Waals surface area contributed by atoms with E-state index in [1.165, 1.54) is 0 Å². The van der Waals surface area contributed by atoms with Gasteiger partial charge in [0.25, 0.3) is 0 Å². The van der Waals surface area contributed by atoms with Gasteiger partial charge in [-0.15, -0.1) is 0 Å². The summed E-state index contributed by atoms with van der Waals surface area (Å²) in [5.74, 6) is -1.64. The third-order valence-corrected chi connectivity index (χ3v) is 3.88. The number of aliphatic carboxylic acids is 1. The number of aromatic hydroxyl groups is 1. The van der Waals surface area contributed by atoms with E-state index < -0.39 is 12.1 Å². The lowest BCUT2D eigenvalue weighted by Gasteiger charge is -1.98. The molecule has 0 spiro atoms. The second-order valence-electron chi connectivity index (χ2n) is 6.23. The Bertz CT molecular complexity index is 1140. The number of nitrogens with zero attached hydrogens (tertiary/aromatic N) is 3. The molecule has 3 heterocycles. The highest BCUT2D eigenvalue weighted by molar-refractivity contribution is 5.79. The molecule has 31 heavy (non-hydrogen) atoms. The average molecular weight is 435 g/mol. The number of aromatic nitrogens is 4. The molecule has 0 radical (unpaired) electrons. The van der Waals surface area contributed by atoms with Gasteiger partial charge in [-0.3, -0.25) is 4.98 Å². The summed E-state index contributed by atoms with van der Waals surface area (Å²) in [4.78, 5) is 20.6. The lowest BCUT2D eigenvalue weighted by Crippen LogP contribution is -2.21. The minimum absolute atomic E-state index is 0.172. The van der Waals surface area contributed by atoms with Crippen LogP contribution in [0.2, 0.25) is 0 Å². The molecular formula is C19H16F3N5O4. The highest BCUT2D eigenvalue weighted by Gasteiger charge is 2.38. The molecule has 0 aliphatic carbocycles. The molecule has 0 fully saturated rings. The summed E-state index contributed by atoms with van der Waals surface area (Å²) in [6, 6.07) is 10.8. The van der Waals surface area contributed by atoms with Crippen molar-refractivity contribution in [2.45, 2.75) is 19.3 Å². The van der Waals surface area contributed by atoms with E-state index in [1.54, 1.807) is 24.4 Å². The number of fused-ring (bicyclic) bond motifs is 1. The first kappa shape index (κ1) is 21.8. The number of carboxylic acid groups (broad SMARTS) is 1. The van der Waals surface area contributed by atoms with Crippen LogP contribution >= 0.6 is 0 Å². The molecule has 0 saturated heterocycles. The summed E-state index contributed by atoms with van der Waals surface area (Å²) in [6.45, 7) is 1.11. The van der Waals surface area contributed by atoms with Crippen LogP contribution in [0, 0.1) is 0 Å². The maximum absolute atomic E-state index is 10.6. The zero-order chi connectivity index (χ0) is 22.4. The molecule has 0 aliphatic rings. The minimum atomic E-state index is -5.08. The molecule has 0 unspecified atom stereocenters. The fraction of sp³-hybridized carbons (Fsp3) is 0.158. The molecule has 0 saturated carbocycles. The Labute approximate surface area is 172 Å². The van der Waals surface area contributed by atoms with Gasteiger partial charge in [-0.2, -0.15) is 18.2 Å². The van der Waals surface area contributed by atoms with Gasteiger partial charge in [0.05, 0.1) is 6.54 Å². The average Bonchev–Trinajstić information content (AvgIpc) is 3.34. The van der Waals surface area contributed by atoms with Gasteiger partial charge in [-0.1, -0.05) is 17.3 Å². The number of hydrogen-bond acceptors (Lipinski definition) is 7. The SMILES string of the molecule is O=C(O)C(F)(F)F.Oc1cccc(-c2noc(CNCc3cc4cnccc4[nH]3)n2)c1. The molecular weight excluding hydrogens is 419 g/mol. The van der Waals surface area contributed by atoms with E-state index in [4.69, 9.17) is 14.4 Å². The number of phenolic OH excluding ortho intramolecular Hbond substituents is 1. The molecule has 12 heteroatoms. The molecule has 0 aliphatic heterocycles. The number of nitrogens with one attached hydrogen (secondary N) is 2. The first-order chi connectivity index (χ1) is 14.7. The number of H-pyrrole nitrogens is 1. The first-order valence-corrected chi connectivity index (χ1v) is 8.77. The number of aromatic amines is 1. The van der Waals surface area contributed by atoms with Gasteiger partial charge in [0.15, 0.2) is 0 Å². The molecule has 4 rings (SSSR count). The van der Waals surface area contributed by atoms with Crippen molar-refractivity contribution in [1.82, 2.24) is 25.4 Å². The van der Waals surface area contributed by atoms with E-state index in [1.807, 2.05) is 18.3 Å². The summed E-state index contributed by atoms with van der Waals surface area (Å²) in [5, 5.41) is 24.9. The number of hydrogen-bond donors (Lipinski definition) is 4. The van der Waals surface area contributed by atoms with Crippen LogP contribution in [0.4, 0.5) is 13.2 Å². The summed E-state index contributed by atoms with van der Waals surface area (Å²) < 4.78 is 37.0. The number of phenols is 1. The smallest absolute Gasteiger partial charge is 0.490 e. The largest absolute Gasteiger partial charge is 0.508 e. The van der Waals surface area contributed by atoms with Crippen LogP contribution in [-0.2, 0) is 17.9 Å². The summed E-state index contributed by atoms with van der Waals surface area (Å²) in [7, 11) is 0.